The summed E-state index contributed by atoms with van der Waals surface area (Å²) < 4.78 is 0. The average Bonchev–Trinajstić information content (AvgIpc) is 2.32. The first-order chi connectivity index (χ1) is 7.72. The van der Waals surface area contributed by atoms with Gasteiger partial charge < -0.3 is 16.4 Å². The van der Waals surface area contributed by atoms with Crippen molar-refractivity contribution in [3.05, 3.63) is 29.8 Å². The molecule has 0 amide bonds. The number of nitrogens with zero attached hydrogens (tertiary/aromatic N) is 1. The van der Waals surface area contributed by atoms with E-state index >= 15 is 0 Å². The van der Waals surface area contributed by atoms with Crippen molar-refractivity contribution in [2.24, 2.45) is 11.5 Å². The van der Waals surface area contributed by atoms with Gasteiger partial charge in [0.25, 0.3) is 0 Å². The van der Waals surface area contributed by atoms with E-state index in [1.165, 1.54) is 11.3 Å². The maximum Gasteiger partial charge on any atom is 0.0366 e. The van der Waals surface area contributed by atoms with Gasteiger partial charge in [0.1, 0.15) is 0 Å². The van der Waals surface area contributed by atoms with Crippen LogP contribution in [0.25, 0.3) is 0 Å². The van der Waals surface area contributed by atoms with Crippen LogP contribution in [-0.2, 0) is 0 Å². The third-order valence-corrected chi connectivity index (χ3v) is 2.93. The monoisotopic (exact) mass is 221 g/mol. The summed E-state index contributed by atoms with van der Waals surface area (Å²) in [7, 11) is 0. The van der Waals surface area contributed by atoms with Crippen molar-refractivity contribution >= 4 is 5.69 Å². The van der Waals surface area contributed by atoms with Gasteiger partial charge in [-0.3, -0.25) is 0 Å². The minimum absolute atomic E-state index is 0.0655. The van der Waals surface area contributed by atoms with E-state index in [1.54, 1.807) is 0 Å². The maximum absolute atomic E-state index is 6.00. The maximum atomic E-state index is 6.00. The Morgan fingerprint density at radius 3 is 2.12 bits per heavy atom. The summed E-state index contributed by atoms with van der Waals surface area (Å²) in [6, 6.07) is 8.55. The molecule has 0 fully saturated rings. The lowest BCUT2D eigenvalue weighted by Gasteiger charge is -2.21. The zero-order valence-electron chi connectivity index (χ0n) is 10.3. The molecule has 0 aliphatic carbocycles. The first-order valence-corrected chi connectivity index (χ1v) is 6.03. The molecule has 0 spiro atoms. The highest BCUT2D eigenvalue weighted by atomic mass is 15.1. The van der Waals surface area contributed by atoms with Crippen LogP contribution in [0.2, 0.25) is 0 Å². The Labute approximate surface area is 98.4 Å². The van der Waals surface area contributed by atoms with E-state index in [9.17, 15) is 0 Å². The summed E-state index contributed by atoms with van der Waals surface area (Å²) in [6.07, 6.45) is 0.838. The minimum Gasteiger partial charge on any atom is -0.372 e. The van der Waals surface area contributed by atoms with Crippen molar-refractivity contribution in [2.75, 3.05) is 24.5 Å². The summed E-state index contributed by atoms with van der Waals surface area (Å²) >= 11 is 0. The first kappa shape index (κ1) is 13.0. The van der Waals surface area contributed by atoms with E-state index in [0.717, 1.165) is 19.5 Å². The molecular formula is C13H23N3. The molecule has 0 radical (unpaired) electrons. The largest absolute Gasteiger partial charge is 0.372 e. The molecule has 0 aliphatic rings. The molecule has 0 unspecified atom stereocenters. The predicted molar refractivity (Wildman–Crippen MR) is 70.6 cm³/mol. The van der Waals surface area contributed by atoms with Crippen molar-refractivity contribution in [1.29, 1.82) is 0 Å². The Kier molecular flexibility index (Phi) is 5.29. The standard InChI is InChI=1S/C13H23N3/c1-3-16(4-2)12-7-5-11(6-8-12)13(15)9-10-14/h5-8,13H,3-4,9-10,14-15H2,1-2H3/t13-/m0/s1. The summed E-state index contributed by atoms with van der Waals surface area (Å²) in [6.45, 7) is 7.03. The van der Waals surface area contributed by atoms with E-state index < -0.39 is 0 Å². The number of benzene rings is 1. The van der Waals surface area contributed by atoms with Crippen LogP contribution in [0.5, 0.6) is 0 Å². The molecule has 0 saturated carbocycles. The smallest absolute Gasteiger partial charge is 0.0366 e. The fourth-order valence-corrected chi connectivity index (χ4v) is 1.87. The lowest BCUT2D eigenvalue weighted by atomic mass is 10.0. The van der Waals surface area contributed by atoms with Gasteiger partial charge in [-0.15, -0.1) is 0 Å². The van der Waals surface area contributed by atoms with Crippen molar-refractivity contribution in [3.63, 3.8) is 0 Å². The topological polar surface area (TPSA) is 55.3 Å². The van der Waals surface area contributed by atoms with Gasteiger partial charge in [-0.2, -0.15) is 0 Å². The van der Waals surface area contributed by atoms with Crippen LogP contribution < -0.4 is 16.4 Å². The molecule has 90 valence electrons. The molecular weight excluding hydrogens is 198 g/mol. The number of hydrogen-bond acceptors (Lipinski definition) is 3. The molecule has 0 aromatic heterocycles. The Balaban J connectivity index is 2.74. The fraction of sp³-hybridized carbons (Fsp3) is 0.538. The lowest BCUT2D eigenvalue weighted by Crippen LogP contribution is -2.22. The lowest BCUT2D eigenvalue weighted by molar-refractivity contribution is 0.661. The van der Waals surface area contributed by atoms with Crippen LogP contribution in [0.4, 0.5) is 5.69 Å². The second-order valence-electron chi connectivity index (χ2n) is 3.95. The molecule has 0 heterocycles. The van der Waals surface area contributed by atoms with Gasteiger partial charge in [-0.1, -0.05) is 12.1 Å². The van der Waals surface area contributed by atoms with Gasteiger partial charge in [0.2, 0.25) is 0 Å². The normalized spacial score (nSPS) is 12.5. The van der Waals surface area contributed by atoms with Crippen LogP contribution in [0.3, 0.4) is 0 Å². The molecule has 0 aliphatic heterocycles. The van der Waals surface area contributed by atoms with E-state index in [-0.39, 0.29) is 6.04 Å². The van der Waals surface area contributed by atoms with Gasteiger partial charge in [-0.05, 0) is 44.5 Å². The van der Waals surface area contributed by atoms with Crippen molar-refractivity contribution in [1.82, 2.24) is 0 Å². The molecule has 1 atom stereocenters. The molecule has 3 nitrogen and oxygen atoms in total. The summed E-state index contributed by atoms with van der Waals surface area (Å²) in [4.78, 5) is 2.32. The number of hydrogen-bond donors (Lipinski definition) is 2. The number of rotatable bonds is 6. The predicted octanol–water partition coefficient (Wildman–Crippen LogP) is 1.88. The molecule has 0 saturated heterocycles. The zero-order valence-corrected chi connectivity index (χ0v) is 10.3. The van der Waals surface area contributed by atoms with Gasteiger partial charge in [0.05, 0.1) is 0 Å². The van der Waals surface area contributed by atoms with E-state index in [1.807, 2.05) is 0 Å². The number of nitrogens with two attached hydrogens (primary N) is 2. The fourth-order valence-electron chi connectivity index (χ4n) is 1.87. The Morgan fingerprint density at radius 1 is 1.12 bits per heavy atom. The molecule has 4 N–H and O–H groups in total. The van der Waals surface area contributed by atoms with E-state index in [4.69, 9.17) is 11.5 Å². The Hall–Kier alpha value is -1.06. The number of anilines is 1. The summed E-state index contributed by atoms with van der Waals surface area (Å²) in [5, 5.41) is 0. The quantitative estimate of drug-likeness (QED) is 0.771. The van der Waals surface area contributed by atoms with Crippen LogP contribution in [0, 0.1) is 0 Å². The zero-order chi connectivity index (χ0) is 12.0. The molecule has 1 aromatic carbocycles. The van der Waals surface area contributed by atoms with Crippen molar-refractivity contribution < 1.29 is 0 Å². The summed E-state index contributed by atoms with van der Waals surface area (Å²) in [5.74, 6) is 0. The van der Waals surface area contributed by atoms with E-state index in [0.29, 0.717) is 6.54 Å². The second kappa shape index (κ2) is 6.51. The van der Waals surface area contributed by atoms with Gasteiger partial charge in [-0.25, -0.2) is 0 Å². The SMILES string of the molecule is CCN(CC)c1ccc([C@@H](N)CCN)cc1. The Bertz CT molecular complexity index is 291. The third kappa shape index (κ3) is 3.22. The van der Waals surface area contributed by atoms with Crippen molar-refractivity contribution in [2.45, 2.75) is 26.3 Å². The highest BCUT2D eigenvalue weighted by Gasteiger charge is 2.06. The first-order valence-electron chi connectivity index (χ1n) is 6.03. The average molecular weight is 221 g/mol. The molecule has 3 heteroatoms. The van der Waals surface area contributed by atoms with Gasteiger partial charge >= 0.3 is 0 Å². The summed E-state index contributed by atoms with van der Waals surface area (Å²) in [5.41, 5.74) is 13.9. The Morgan fingerprint density at radius 2 is 1.69 bits per heavy atom. The van der Waals surface area contributed by atoms with Crippen LogP contribution in [0.1, 0.15) is 31.9 Å². The van der Waals surface area contributed by atoms with Crippen molar-refractivity contribution in [3.8, 4) is 0 Å². The molecule has 16 heavy (non-hydrogen) atoms. The molecule has 0 bridgehead atoms. The molecule has 1 aromatic rings. The van der Waals surface area contributed by atoms with Gasteiger partial charge in [0, 0.05) is 24.8 Å². The second-order valence-corrected chi connectivity index (χ2v) is 3.95. The third-order valence-electron chi connectivity index (χ3n) is 2.93. The molecule has 1 rings (SSSR count). The van der Waals surface area contributed by atoms with Crippen LogP contribution in [-0.4, -0.2) is 19.6 Å². The van der Waals surface area contributed by atoms with Crippen LogP contribution in [0.15, 0.2) is 24.3 Å². The highest BCUT2D eigenvalue weighted by Crippen LogP contribution is 2.19. The van der Waals surface area contributed by atoms with Crippen LogP contribution >= 0.6 is 0 Å². The van der Waals surface area contributed by atoms with Gasteiger partial charge in [0.15, 0.2) is 0 Å². The highest BCUT2D eigenvalue weighted by molar-refractivity contribution is 5.47. The van der Waals surface area contributed by atoms with E-state index in [2.05, 4.69) is 43.0 Å². The minimum atomic E-state index is 0.0655.